The van der Waals surface area contributed by atoms with Crippen LogP contribution in [0, 0.1) is 11.8 Å². The van der Waals surface area contributed by atoms with Gasteiger partial charge in [0.15, 0.2) is 0 Å². The Morgan fingerprint density at radius 2 is 1.48 bits per heavy atom. The minimum atomic E-state index is -1.16. The van der Waals surface area contributed by atoms with Crippen molar-refractivity contribution in [3.8, 4) is 0 Å². The van der Waals surface area contributed by atoms with E-state index in [4.69, 9.17) is 15.2 Å². The van der Waals surface area contributed by atoms with Crippen LogP contribution >= 0.6 is 0 Å². The fourth-order valence-electron chi connectivity index (χ4n) is 7.55. The largest absolute Gasteiger partial charge is 0.375 e. The molecule has 0 spiro atoms. The van der Waals surface area contributed by atoms with Gasteiger partial charge in [0, 0.05) is 26.2 Å². The third-order valence-corrected chi connectivity index (χ3v) is 10.9. The normalized spacial score (nSPS) is 31.4. The summed E-state index contributed by atoms with van der Waals surface area (Å²) in [6.45, 7) is 9.06. The Balaban J connectivity index is 1.98. The molecule has 1 aliphatic carbocycles. The maximum absolute atomic E-state index is 14.1. The molecule has 3 fully saturated rings. The highest BCUT2D eigenvalue weighted by molar-refractivity contribution is 5.96. The van der Waals surface area contributed by atoms with Crippen molar-refractivity contribution in [2.45, 2.75) is 160 Å². The van der Waals surface area contributed by atoms with Crippen molar-refractivity contribution in [3.05, 3.63) is 0 Å². The monoisotopic (exact) mass is 736 g/mol. The molecule has 5 amide bonds. The lowest BCUT2D eigenvalue weighted by Crippen LogP contribution is -2.62. The van der Waals surface area contributed by atoms with Crippen LogP contribution in [-0.2, 0) is 33.4 Å². The Labute approximate surface area is 311 Å². The molecule has 0 radical (unpaired) electrons. The predicted octanol–water partition coefficient (Wildman–Crippen LogP) is 1.89. The van der Waals surface area contributed by atoms with Gasteiger partial charge < -0.3 is 46.7 Å². The van der Waals surface area contributed by atoms with E-state index in [1.54, 1.807) is 7.05 Å². The number of hydrogen-bond donors (Lipinski definition) is 6. The second-order valence-electron chi connectivity index (χ2n) is 15.2. The molecule has 0 aromatic carbocycles. The van der Waals surface area contributed by atoms with Crippen LogP contribution in [0.25, 0.3) is 0 Å². The van der Waals surface area contributed by atoms with E-state index in [0.717, 1.165) is 77.2 Å². The van der Waals surface area contributed by atoms with Crippen molar-refractivity contribution in [2.24, 2.45) is 17.6 Å². The average molecular weight is 736 g/mol. The van der Waals surface area contributed by atoms with Crippen LogP contribution in [0.5, 0.6) is 0 Å². The number of likely N-dealkylation sites (N-methyl/N-ethyl adjacent to an activating group) is 1. The standard InChI is InChI=1S/C38H69N7O7/c1-6-8-9-14-18-32-26(4)38(50)45(5)31(15-7-2)36(48)44-33(27-16-12-10-11-13-17-27)37(49)42-29(21-39)34(46)43-30(24-51-28-19-20-40-22-28)35(47)41-25(3)23-52-32/h25-33,40H,6-24,39H2,1-5H3,(H,41,47)(H,42,49)(H,43,46)(H,44,48)/t25-,26-,28-,29+,30+,31+,32-,33+/m1/s1. The molecule has 14 heteroatoms. The number of carbonyl (C=O) groups is 5. The van der Waals surface area contributed by atoms with Crippen LogP contribution in [0.3, 0.4) is 0 Å². The molecule has 0 aromatic rings. The summed E-state index contributed by atoms with van der Waals surface area (Å²) in [5.74, 6) is -2.91. The summed E-state index contributed by atoms with van der Waals surface area (Å²) in [5.41, 5.74) is 6.05. The summed E-state index contributed by atoms with van der Waals surface area (Å²) >= 11 is 0. The fourth-order valence-corrected chi connectivity index (χ4v) is 7.55. The molecule has 7 N–H and O–H groups in total. The second-order valence-corrected chi connectivity index (χ2v) is 15.2. The van der Waals surface area contributed by atoms with Crippen molar-refractivity contribution < 1.29 is 33.4 Å². The van der Waals surface area contributed by atoms with Crippen molar-refractivity contribution >= 4 is 29.5 Å². The first kappa shape index (κ1) is 43.6. The van der Waals surface area contributed by atoms with Crippen molar-refractivity contribution in [1.29, 1.82) is 0 Å². The van der Waals surface area contributed by atoms with E-state index in [1.807, 2.05) is 20.8 Å². The van der Waals surface area contributed by atoms with Gasteiger partial charge in [-0.15, -0.1) is 0 Å². The Bertz CT molecular complexity index is 1130. The first-order valence-corrected chi connectivity index (χ1v) is 20.1. The van der Waals surface area contributed by atoms with Gasteiger partial charge in [-0.2, -0.15) is 0 Å². The third kappa shape index (κ3) is 13.6. The van der Waals surface area contributed by atoms with Crippen molar-refractivity contribution in [3.63, 3.8) is 0 Å². The molecule has 0 unspecified atom stereocenters. The zero-order chi connectivity index (χ0) is 38.0. The molecule has 0 bridgehead atoms. The van der Waals surface area contributed by atoms with Gasteiger partial charge in [0.1, 0.15) is 24.2 Å². The second kappa shape index (κ2) is 23.1. The Morgan fingerprint density at radius 1 is 0.788 bits per heavy atom. The van der Waals surface area contributed by atoms with Crippen LogP contribution in [0.1, 0.15) is 118 Å². The fraction of sp³-hybridized carbons (Fsp3) is 0.868. The molecule has 1 saturated carbocycles. The molecule has 3 rings (SSSR count). The first-order chi connectivity index (χ1) is 25.0. The van der Waals surface area contributed by atoms with Crippen molar-refractivity contribution in [2.75, 3.05) is 39.9 Å². The summed E-state index contributed by atoms with van der Waals surface area (Å²) in [5, 5.41) is 14.8. The van der Waals surface area contributed by atoms with Gasteiger partial charge in [0.2, 0.25) is 29.5 Å². The summed E-state index contributed by atoms with van der Waals surface area (Å²) in [4.78, 5) is 71.3. The minimum absolute atomic E-state index is 0.0692. The van der Waals surface area contributed by atoms with Crippen LogP contribution < -0.4 is 32.3 Å². The van der Waals surface area contributed by atoms with E-state index in [1.165, 1.54) is 4.90 Å². The SMILES string of the molecule is CCCCCC[C@H]1OC[C@@H](C)NC(=O)[C@H](CO[C@@H]2CCNC2)NC(=O)[C@H](CN)NC(=O)[C@H](C2CCCCCC2)NC(=O)[C@H](CCC)N(C)C(=O)[C@@H]1C. The van der Waals surface area contributed by atoms with Gasteiger partial charge in [-0.1, -0.05) is 78.6 Å². The minimum Gasteiger partial charge on any atom is -0.375 e. The molecule has 52 heavy (non-hydrogen) atoms. The molecule has 0 aromatic heterocycles. The van der Waals surface area contributed by atoms with E-state index < -0.39 is 65.9 Å². The number of carbonyl (C=O) groups excluding carboxylic acids is 5. The highest BCUT2D eigenvalue weighted by Crippen LogP contribution is 2.27. The number of nitrogens with two attached hydrogens (primary N) is 1. The van der Waals surface area contributed by atoms with E-state index in [-0.39, 0.29) is 37.7 Å². The van der Waals surface area contributed by atoms with Crippen molar-refractivity contribution in [1.82, 2.24) is 31.5 Å². The molecular weight excluding hydrogens is 666 g/mol. The number of unbranched alkanes of at least 4 members (excludes halogenated alkanes) is 3. The number of ether oxygens (including phenoxy) is 2. The van der Waals surface area contributed by atoms with E-state index in [9.17, 15) is 24.0 Å². The van der Waals surface area contributed by atoms with Crippen LogP contribution in [0.4, 0.5) is 0 Å². The number of amides is 5. The zero-order valence-corrected chi connectivity index (χ0v) is 32.5. The Morgan fingerprint density at radius 3 is 2.12 bits per heavy atom. The highest BCUT2D eigenvalue weighted by Gasteiger charge is 2.38. The van der Waals surface area contributed by atoms with Gasteiger partial charge in [0.25, 0.3) is 0 Å². The van der Waals surface area contributed by atoms with Gasteiger partial charge in [-0.05, 0) is 51.5 Å². The summed E-state index contributed by atoms with van der Waals surface area (Å²) in [6.07, 6.45) is 11.4. The number of nitrogens with zero attached hydrogens (tertiary/aromatic N) is 1. The molecular formula is C38H69N7O7. The van der Waals surface area contributed by atoms with Gasteiger partial charge in [-0.3, -0.25) is 24.0 Å². The number of hydrogen-bond acceptors (Lipinski definition) is 9. The lowest BCUT2D eigenvalue weighted by atomic mass is 9.90. The third-order valence-electron chi connectivity index (χ3n) is 10.9. The average Bonchev–Trinajstić information content (AvgIpc) is 3.51. The van der Waals surface area contributed by atoms with E-state index in [2.05, 4.69) is 33.5 Å². The molecule has 298 valence electrons. The van der Waals surface area contributed by atoms with E-state index in [0.29, 0.717) is 25.8 Å². The Hall–Kier alpha value is -2.81. The van der Waals surface area contributed by atoms with Gasteiger partial charge in [-0.25, -0.2) is 0 Å². The first-order valence-electron chi connectivity index (χ1n) is 20.1. The summed E-state index contributed by atoms with van der Waals surface area (Å²) in [7, 11) is 1.65. The molecule has 14 nitrogen and oxygen atoms in total. The predicted molar refractivity (Wildman–Crippen MR) is 200 cm³/mol. The lowest BCUT2D eigenvalue weighted by Gasteiger charge is -2.34. The van der Waals surface area contributed by atoms with Crippen LogP contribution in [0.15, 0.2) is 0 Å². The molecule has 3 aliphatic rings. The molecule has 8 atom stereocenters. The summed E-state index contributed by atoms with van der Waals surface area (Å²) in [6, 6.07) is -4.40. The number of nitrogens with one attached hydrogen (secondary N) is 5. The molecule has 2 aliphatic heterocycles. The zero-order valence-electron chi connectivity index (χ0n) is 32.5. The number of rotatable bonds is 12. The maximum atomic E-state index is 14.1. The molecule has 2 heterocycles. The van der Waals surface area contributed by atoms with Crippen LogP contribution in [-0.4, -0.2) is 117 Å². The highest BCUT2D eigenvalue weighted by atomic mass is 16.5. The smallest absolute Gasteiger partial charge is 0.245 e. The van der Waals surface area contributed by atoms with Gasteiger partial charge >= 0.3 is 0 Å². The quantitative estimate of drug-likeness (QED) is 0.128. The summed E-state index contributed by atoms with van der Waals surface area (Å²) < 4.78 is 12.4. The molecule has 2 saturated heterocycles. The van der Waals surface area contributed by atoms with Crippen LogP contribution in [0.2, 0.25) is 0 Å². The topological polar surface area (TPSA) is 193 Å². The lowest BCUT2D eigenvalue weighted by molar-refractivity contribution is -0.147. The Kier molecular flexibility index (Phi) is 19.3. The maximum Gasteiger partial charge on any atom is 0.245 e. The van der Waals surface area contributed by atoms with E-state index >= 15 is 0 Å². The van der Waals surface area contributed by atoms with Gasteiger partial charge in [0.05, 0.1) is 31.3 Å².